The first-order valence-electron chi connectivity index (χ1n) is 10.1. The van der Waals surface area contributed by atoms with Gasteiger partial charge in [-0.05, 0) is 60.6 Å². The van der Waals surface area contributed by atoms with E-state index < -0.39 is 5.76 Å². The van der Waals surface area contributed by atoms with Crippen molar-refractivity contribution >= 4 is 40.4 Å². The van der Waals surface area contributed by atoms with Gasteiger partial charge >= 0.3 is 11.8 Å². The minimum atomic E-state index is -0.479. The highest BCUT2D eigenvalue weighted by Crippen LogP contribution is 2.40. The molecule has 1 amide bonds. The first-order chi connectivity index (χ1) is 14.9. The molecule has 5 rings (SSSR count). The van der Waals surface area contributed by atoms with E-state index in [2.05, 4.69) is 4.98 Å². The van der Waals surface area contributed by atoms with Crippen LogP contribution in [0.15, 0.2) is 45.6 Å². The molecule has 2 heterocycles. The summed E-state index contributed by atoms with van der Waals surface area (Å²) in [5.74, 6) is 0.962. The van der Waals surface area contributed by atoms with E-state index in [0.29, 0.717) is 51.8 Å². The van der Waals surface area contributed by atoms with Gasteiger partial charge in [-0.15, -0.1) is 0 Å². The van der Waals surface area contributed by atoms with Gasteiger partial charge in [-0.2, -0.15) is 0 Å². The maximum absolute atomic E-state index is 12.5. The number of H-pyrrole nitrogens is 1. The van der Waals surface area contributed by atoms with Gasteiger partial charge in [0, 0.05) is 29.2 Å². The van der Waals surface area contributed by atoms with Gasteiger partial charge in [0.25, 0.3) is 0 Å². The lowest BCUT2D eigenvalue weighted by Gasteiger charge is -2.20. The third kappa shape index (κ3) is 4.38. The number of carbonyl (C=O) groups is 1. The zero-order chi connectivity index (χ0) is 21.5. The number of benzene rings is 2. The lowest BCUT2D eigenvalue weighted by atomic mass is 10.0. The Bertz CT molecular complexity index is 1160. The molecule has 2 fully saturated rings. The van der Waals surface area contributed by atoms with Gasteiger partial charge in [0.15, 0.2) is 5.58 Å². The molecular formula is C22H20Cl2N2O5. The quantitative estimate of drug-likeness (QED) is 0.598. The molecule has 2 aliphatic rings. The molecule has 31 heavy (non-hydrogen) atoms. The number of fused-ring (bicyclic) bond motifs is 2. The molecule has 1 N–H and O–H groups in total. The third-order valence-electron chi connectivity index (χ3n) is 5.95. The van der Waals surface area contributed by atoms with E-state index in [-0.39, 0.29) is 18.8 Å². The van der Waals surface area contributed by atoms with Crippen molar-refractivity contribution in [2.75, 3.05) is 13.1 Å². The molecule has 0 spiro atoms. The number of hydrogen-bond donors (Lipinski definition) is 1. The van der Waals surface area contributed by atoms with Crippen molar-refractivity contribution in [3.8, 4) is 5.75 Å². The number of halogens is 2. The Kier molecular flexibility index (Phi) is 5.32. The SMILES string of the molecule is O=C(OCc1cc(Cl)cc(Cl)c1)N1C[C@H]2CC(Oc3ccc4[nH]c(=O)oc4c3)C[C@H]2C1. The Morgan fingerprint density at radius 1 is 1.10 bits per heavy atom. The van der Waals surface area contributed by atoms with Crippen LogP contribution in [-0.4, -0.2) is 35.2 Å². The van der Waals surface area contributed by atoms with Crippen LogP contribution in [0.3, 0.4) is 0 Å². The van der Waals surface area contributed by atoms with E-state index in [1.807, 2.05) is 6.07 Å². The highest BCUT2D eigenvalue weighted by molar-refractivity contribution is 6.34. The van der Waals surface area contributed by atoms with Crippen molar-refractivity contribution in [2.45, 2.75) is 25.6 Å². The Morgan fingerprint density at radius 2 is 1.81 bits per heavy atom. The van der Waals surface area contributed by atoms with E-state index in [1.54, 1.807) is 35.2 Å². The van der Waals surface area contributed by atoms with Crippen LogP contribution in [0.5, 0.6) is 5.75 Å². The molecule has 3 atom stereocenters. The van der Waals surface area contributed by atoms with Crippen molar-refractivity contribution in [1.82, 2.24) is 9.88 Å². The number of aromatic nitrogens is 1. The van der Waals surface area contributed by atoms with Crippen molar-refractivity contribution in [1.29, 1.82) is 0 Å². The van der Waals surface area contributed by atoms with Gasteiger partial charge in [0.1, 0.15) is 12.4 Å². The number of nitrogens with zero attached hydrogens (tertiary/aromatic N) is 1. The number of likely N-dealkylation sites (tertiary alicyclic amines) is 1. The molecule has 1 unspecified atom stereocenters. The largest absolute Gasteiger partial charge is 0.490 e. The average Bonchev–Trinajstić information content (AvgIpc) is 3.37. The Balaban J connectivity index is 1.14. The molecule has 3 aromatic rings. The lowest BCUT2D eigenvalue weighted by molar-refractivity contribution is 0.0986. The average molecular weight is 463 g/mol. The molecule has 1 saturated heterocycles. The summed E-state index contributed by atoms with van der Waals surface area (Å²) in [6.45, 7) is 1.45. The molecule has 1 saturated carbocycles. The van der Waals surface area contributed by atoms with E-state index in [1.165, 1.54) is 0 Å². The fourth-order valence-electron chi connectivity index (χ4n) is 4.61. The predicted molar refractivity (Wildman–Crippen MR) is 116 cm³/mol. The summed E-state index contributed by atoms with van der Waals surface area (Å²) in [7, 11) is 0. The number of hydrogen-bond acceptors (Lipinski definition) is 5. The van der Waals surface area contributed by atoms with Crippen molar-refractivity contribution in [2.24, 2.45) is 11.8 Å². The molecule has 9 heteroatoms. The summed E-state index contributed by atoms with van der Waals surface area (Å²) in [4.78, 5) is 28.2. The zero-order valence-corrected chi connectivity index (χ0v) is 18.0. The first-order valence-corrected chi connectivity index (χ1v) is 10.8. The number of rotatable bonds is 4. The van der Waals surface area contributed by atoms with Gasteiger partial charge < -0.3 is 18.8 Å². The fourth-order valence-corrected chi connectivity index (χ4v) is 5.18. The summed E-state index contributed by atoms with van der Waals surface area (Å²) in [6, 6.07) is 10.4. The van der Waals surface area contributed by atoms with Gasteiger partial charge in [-0.25, -0.2) is 9.59 Å². The number of amides is 1. The molecule has 0 radical (unpaired) electrons. The van der Waals surface area contributed by atoms with Crippen LogP contribution in [0.25, 0.3) is 11.1 Å². The molecule has 1 aromatic heterocycles. The standard InChI is InChI=1S/C22H20Cl2N2O5/c23-15-3-12(4-16(24)7-15)11-29-22(28)26-9-13-5-18(6-14(13)10-26)30-17-1-2-19-20(8-17)31-21(27)25-19/h1-4,7-8,13-14,18H,5-6,9-11H2,(H,25,27)/t13-,14+,18?. The second-order valence-electron chi connectivity index (χ2n) is 8.14. The molecule has 7 nitrogen and oxygen atoms in total. The van der Waals surface area contributed by atoms with Crippen LogP contribution in [0.2, 0.25) is 10.0 Å². The van der Waals surface area contributed by atoms with Crippen molar-refractivity contribution in [3.63, 3.8) is 0 Å². The molecule has 0 bridgehead atoms. The van der Waals surface area contributed by atoms with Gasteiger partial charge in [0.05, 0.1) is 11.6 Å². The van der Waals surface area contributed by atoms with Gasteiger partial charge in [0.2, 0.25) is 0 Å². The number of carbonyl (C=O) groups excluding carboxylic acids is 1. The fraction of sp³-hybridized carbons (Fsp3) is 0.364. The lowest BCUT2D eigenvalue weighted by Crippen LogP contribution is -2.31. The maximum Gasteiger partial charge on any atom is 0.417 e. The summed E-state index contributed by atoms with van der Waals surface area (Å²) in [6.07, 6.45) is 1.49. The van der Waals surface area contributed by atoms with Gasteiger partial charge in [-0.3, -0.25) is 4.98 Å². The van der Waals surface area contributed by atoms with Crippen LogP contribution >= 0.6 is 23.2 Å². The number of aromatic amines is 1. The summed E-state index contributed by atoms with van der Waals surface area (Å²) in [5.41, 5.74) is 1.89. The smallest absolute Gasteiger partial charge is 0.417 e. The topological polar surface area (TPSA) is 84.8 Å². The van der Waals surface area contributed by atoms with E-state index >= 15 is 0 Å². The molecule has 2 aromatic carbocycles. The minimum absolute atomic E-state index is 0.0740. The highest BCUT2D eigenvalue weighted by atomic mass is 35.5. The molecular weight excluding hydrogens is 443 g/mol. The summed E-state index contributed by atoms with van der Waals surface area (Å²) < 4.78 is 16.7. The Morgan fingerprint density at radius 3 is 2.52 bits per heavy atom. The van der Waals surface area contributed by atoms with E-state index in [9.17, 15) is 9.59 Å². The Labute approximate surface area is 187 Å². The Hall–Kier alpha value is -2.64. The number of oxazole rings is 1. The number of nitrogens with one attached hydrogen (secondary N) is 1. The normalized spacial score (nSPS) is 22.6. The van der Waals surface area contributed by atoms with Crippen LogP contribution in [0.1, 0.15) is 18.4 Å². The molecule has 1 aliphatic heterocycles. The molecule has 162 valence electrons. The van der Waals surface area contributed by atoms with Crippen LogP contribution in [-0.2, 0) is 11.3 Å². The number of ether oxygens (including phenoxy) is 2. The second-order valence-corrected chi connectivity index (χ2v) is 9.01. The van der Waals surface area contributed by atoms with Crippen molar-refractivity contribution in [3.05, 3.63) is 62.6 Å². The van der Waals surface area contributed by atoms with Crippen LogP contribution in [0, 0.1) is 11.8 Å². The summed E-state index contributed by atoms with van der Waals surface area (Å²) >= 11 is 12.0. The van der Waals surface area contributed by atoms with Crippen LogP contribution < -0.4 is 10.5 Å². The maximum atomic E-state index is 12.5. The zero-order valence-electron chi connectivity index (χ0n) is 16.5. The highest BCUT2D eigenvalue weighted by Gasteiger charge is 2.43. The second kappa shape index (κ2) is 8.13. The summed E-state index contributed by atoms with van der Waals surface area (Å²) in [5, 5.41) is 1.02. The van der Waals surface area contributed by atoms with E-state index in [4.69, 9.17) is 37.1 Å². The third-order valence-corrected chi connectivity index (χ3v) is 6.38. The first kappa shape index (κ1) is 20.3. The van der Waals surface area contributed by atoms with Crippen molar-refractivity contribution < 1.29 is 18.7 Å². The monoisotopic (exact) mass is 462 g/mol. The molecule has 1 aliphatic carbocycles. The van der Waals surface area contributed by atoms with Crippen LogP contribution in [0.4, 0.5) is 4.79 Å². The van der Waals surface area contributed by atoms with Gasteiger partial charge in [-0.1, -0.05) is 23.2 Å². The minimum Gasteiger partial charge on any atom is -0.490 e. The van der Waals surface area contributed by atoms with E-state index in [0.717, 1.165) is 18.4 Å². The predicted octanol–water partition coefficient (Wildman–Crippen LogP) is 4.85.